The Morgan fingerprint density at radius 3 is 3.09 bits per heavy atom. The topological polar surface area (TPSA) is 80.1 Å². The molecule has 0 aliphatic carbocycles. The maximum atomic E-state index is 12.2. The van der Waals surface area contributed by atoms with Crippen molar-refractivity contribution >= 4 is 46.9 Å². The lowest BCUT2D eigenvalue weighted by Crippen LogP contribution is -2.40. The van der Waals surface area contributed by atoms with Gasteiger partial charge >= 0.3 is 0 Å². The summed E-state index contributed by atoms with van der Waals surface area (Å²) in [5.74, 6) is 0.831. The number of halogens is 1. The lowest BCUT2D eigenvalue weighted by atomic mass is 9.93. The van der Waals surface area contributed by atoms with Gasteiger partial charge in [0.05, 0.1) is 6.26 Å². The molecule has 0 spiro atoms. The van der Waals surface area contributed by atoms with Gasteiger partial charge in [0.15, 0.2) is 0 Å². The van der Waals surface area contributed by atoms with Gasteiger partial charge < -0.3 is 15.1 Å². The second kappa shape index (κ2) is 8.24. The zero-order valence-electron chi connectivity index (χ0n) is 12.7. The zero-order chi connectivity index (χ0) is 15.4. The number of nitrogens with one attached hydrogen (secondary N) is 2. The van der Waals surface area contributed by atoms with Gasteiger partial charge in [-0.2, -0.15) is 0 Å². The predicted molar refractivity (Wildman–Crippen MR) is 93.6 cm³/mol. The first-order chi connectivity index (χ1) is 10.7. The fourth-order valence-electron chi connectivity index (χ4n) is 2.47. The number of anilines is 1. The Hall–Kier alpha value is -1.70. The van der Waals surface area contributed by atoms with E-state index in [-0.39, 0.29) is 24.2 Å². The Balaban J connectivity index is 0.00000192. The molecule has 2 aromatic rings. The molecule has 1 fully saturated rings. The van der Waals surface area contributed by atoms with E-state index in [9.17, 15) is 4.79 Å². The first-order valence-electron chi connectivity index (χ1n) is 7.30. The Morgan fingerprint density at radius 2 is 2.35 bits per heavy atom. The van der Waals surface area contributed by atoms with E-state index in [2.05, 4.69) is 27.8 Å². The van der Waals surface area contributed by atoms with Crippen LogP contribution in [-0.4, -0.2) is 28.7 Å². The molecule has 8 heteroatoms. The van der Waals surface area contributed by atoms with E-state index in [1.165, 1.54) is 11.3 Å². The van der Waals surface area contributed by atoms with E-state index >= 15 is 0 Å². The Labute approximate surface area is 144 Å². The molecule has 1 saturated heterocycles. The first-order valence-corrected chi connectivity index (χ1v) is 8.11. The van der Waals surface area contributed by atoms with E-state index in [1.807, 2.05) is 24.3 Å². The molecule has 2 atom stereocenters. The molecule has 6 nitrogen and oxygen atoms in total. The summed E-state index contributed by atoms with van der Waals surface area (Å²) in [5, 5.41) is 15.5. The van der Waals surface area contributed by atoms with Crippen molar-refractivity contribution in [3.63, 3.8) is 0 Å². The molecular formula is C15H19ClN4O2S. The standard InChI is InChI=1S/C15H18N4O2S.ClH/c1-10-9-11(6-7-16-10)14(20)17-15-19-18-13(22-15)5-4-12-3-2-8-21-12;/h2-5,8,10-11,16H,6-7,9H2,1H3,(H,17,19,20);1H/b5-4+;/t10-,11-;/m0./s1. The van der Waals surface area contributed by atoms with Crippen molar-refractivity contribution in [2.45, 2.75) is 25.8 Å². The molecule has 1 aliphatic heterocycles. The van der Waals surface area contributed by atoms with Crippen molar-refractivity contribution in [3.05, 3.63) is 29.2 Å². The fraction of sp³-hybridized carbons (Fsp3) is 0.400. The number of aromatic nitrogens is 2. The van der Waals surface area contributed by atoms with Crippen LogP contribution < -0.4 is 10.6 Å². The van der Waals surface area contributed by atoms with Crippen molar-refractivity contribution in [2.24, 2.45) is 5.92 Å². The number of rotatable bonds is 4. The molecule has 124 valence electrons. The van der Waals surface area contributed by atoms with Crippen molar-refractivity contribution in [1.29, 1.82) is 0 Å². The van der Waals surface area contributed by atoms with Crippen molar-refractivity contribution in [3.8, 4) is 0 Å². The number of hydrogen-bond acceptors (Lipinski definition) is 6. The van der Waals surface area contributed by atoms with Gasteiger partial charge in [-0.05, 0) is 50.6 Å². The number of carbonyl (C=O) groups excluding carboxylic acids is 1. The van der Waals surface area contributed by atoms with Gasteiger partial charge in [-0.15, -0.1) is 22.6 Å². The molecule has 0 unspecified atom stereocenters. The van der Waals surface area contributed by atoms with Crippen LogP contribution in [0.2, 0.25) is 0 Å². The molecule has 0 saturated carbocycles. The fourth-order valence-corrected chi connectivity index (χ4v) is 3.12. The third-order valence-corrected chi connectivity index (χ3v) is 4.40. The normalized spacial score (nSPS) is 21.1. The highest BCUT2D eigenvalue weighted by atomic mass is 35.5. The number of nitrogens with zero attached hydrogens (tertiary/aromatic N) is 2. The maximum Gasteiger partial charge on any atom is 0.229 e. The Bertz CT molecular complexity index is 656. The van der Waals surface area contributed by atoms with Crippen LogP contribution in [0.3, 0.4) is 0 Å². The van der Waals surface area contributed by atoms with Crippen LogP contribution in [0, 0.1) is 5.92 Å². The summed E-state index contributed by atoms with van der Waals surface area (Å²) >= 11 is 1.35. The third-order valence-electron chi connectivity index (χ3n) is 3.60. The number of piperidine rings is 1. The number of amides is 1. The Kier molecular flexibility index (Phi) is 6.32. The van der Waals surface area contributed by atoms with E-state index in [0.29, 0.717) is 11.2 Å². The van der Waals surface area contributed by atoms with Gasteiger partial charge in [-0.25, -0.2) is 0 Å². The van der Waals surface area contributed by atoms with Crippen LogP contribution in [-0.2, 0) is 4.79 Å². The lowest BCUT2D eigenvalue weighted by Gasteiger charge is -2.26. The van der Waals surface area contributed by atoms with E-state index in [4.69, 9.17) is 4.42 Å². The smallest absolute Gasteiger partial charge is 0.229 e. The molecule has 3 rings (SSSR count). The van der Waals surface area contributed by atoms with E-state index in [1.54, 1.807) is 6.26 Å². The molecule has 2 N–H and O–H groups in total. The van der Waals surface area contributed by atoms with Gasteiger partial charge in [0, 0.05) is 12.0 Å². The summed E-state index contributed by atoms with van der Waals surface area (Å²) < 4.78 is 5.21. The number of carbonyl (C=O) groups is 1. The third kappa shape index (κ3) is 4.89. The quantitative estimate of drug-likeness (QED) is 0.882. The minimum Gasteiger partial charge on any atom is -0.465 e. The van der Waals surface area contributed by atoms with Crippen LogP contribution >= 0.6 is 23.7 Å². The number of hydrogen-bond donors (Lipinski definition) is 2. The molecule has 0 aromatic carbocycles. The summed E-state index contributed by atoms with van der Waals surface area (Å²) in [7, 11) is 0. The zero-order valence-corrected chi connectivity index (χ0v) is 14.3. The largest absolute Gasteiger partial charge is 0.465 e. The molecule has 2 aromatic heterocycles. The first kappa shape index (κ1) is 17.7. The highest BCUT2D eigenvalue weighted by molar-refractivity contribution is 7.16. The molecule has 1 aliphatic rings. The summed E-state index contributed by atoms with van der Waals surface area (Å²) in [4.78, 5) is 12.2. The number of furan rings is 1. The highest BCUT2D eigenvalue weighted by Gasteiger charge is 2.25. The summed E-state index contributed by atoms with van der Waals surface area (Å²) in [6.45, 7) is 2.98. The van der Waals surface area contributed by atoms with Gasteiger partial charge in [-0.1, -0.05) is 11.3 Å². The minimum atomic E-state index is 0. The predicted octanol–water partition coefficient (Wildman–Crippen LogP) is 3.05. The average Bonchev–Trinajstić information content (AvgIpc) is 3.16. The molecular weight excluding hydrogens is 336 g/mol. The summed E-state index contributed by atoms with van der Waals surface area (Å²) in [6.07, 6.45) is 6.97. The van der Waals surface area contributed by atoms with Crippen LogP contribution in [0.4, 0.5) is 5.13 Å². The van der Waals surface area contributed by atoms with Crippen LogP contribution in [0.1, 0.15) is 30.5 Å². The minimum absolute atomic E-state index is 0. The summed E-state index contributed by atoms with van der Waals surface area (Å²) in [6, 6.07) is 4.06. The average molecular weight is 355 g/mol. The molecule has 3 heterocycles. The van der Waals surface area contributed by atoms with Gasteiger partial charge in [0.1, 0.15) is 10.8 Å². The van der Waals surface area contributed by atoms with Crippen LogP contribution in [0.25, 0.3) is 12.2 Å². The van der Waals surface area contributed by atoms with Crippen molar-refractivity contribution in [1.82, 2.24) is 15.5 Å². The van der Waals surface area contributed by atoms with Crippen LogP contribution in [0.5, 0.6) is 0 Å². The lowest BCUT2D eigenvalue weighted by molar-refractivity contribution is -0.120. The molecule has 0 radical (unpaired) electrons. The van der Waals surface area contributed by atoms with Gasteiger partial charge in [-0.3, -0.25) is 4.79 Å². The Morgan fingerprint density at radius 1 is 1.48 bits per heavy atom. The molecule has 0 bridgehead atoms. The molecule has 1 amide bonds. The monoisotopic (exact) mass is 354 g/mol. The highest BCUT2D eigenvalue weighted by Crippen LogP contribution is 2.21. The van der Waals surface area contributed by atoms with E-state index in [0.717, 1.165) is 30.2 Å². The van der Waals surface area contributed by atoms with Crippen LogP contribution in [0.15, 0.2) is 22.8 Å². The second-order valence-corrected chi connectivity index (χ2v) is 6.37. The summed E-state index contributed by atoms with van der Waals surface area (Å²) in [5.41, 5.74) is 0. The molecule has 23 heavy (non-hydrogen) atoms. The van der Waals surface area contributed by atoms with Gasteiger partial charge in [0.2, 0.25) is 11.0 Å². The van der Waals surface area contributed by atoms with Crippen molar-refractivity contribution < 1.29 is 9.21 Å². The maximum absolute atomic E-state index is 12.2. The van der Waals surface area contributed by atoms with Crippen molar-refractivity contribution in [2.75, 3.05) is 11.9 Å². The van der Waals surface area contributed by atoms with Gasteiger partial charge in [0.25, 0.3) is 0 Å². The second-order valence-electron chi connectivity index (χ2n) is 5.36. The SMILES string of the molecule is C[C@H]1C[C@@H](C(=O)Nc2nnc(/C=C/c3ccco3)s2)CCN1.Cl. The van der Waals surface area contributed by atoms with E-state index < -0.39 is 0 Å².